The Bertz CT molecular complexity index is 1940. The summed E-state index contributed by atoms with van der Waals surface area (Å²) in [4.78, 5) is 23.8. The Balaban J connectivity index is 0.000000152. The van der Waals surface area contributed by atoms with Gasteiger partial charge in [-0.05, 0) is 86.6 Å². The fraction of sp³-hybridized carbons (Fsp3) is 0.282. The monoisotopic (exact) mass is 656 g/mol. The van der Waals surface area contributed by atoms with Gasteiger partial charge in [0.05, 0.1) is 11.0 Å². The summed E-state index contributed by atoms with van der Waals surface area (Å²) < 4.78 is 0. The number of halogens is 1. The predicted molar refractivity (Wildman–Crippen MR) is 200 cm³/mol. The average Bonchev–Trinajstić information content (AvgIpc) is 3.15. The third kappa shape index (κ3) is 7.77. The van der Waals surface area contributed by atoms with Crippen molar-refractivity contribution >= 4 is 62.6 Å². The first-order chi connectivity index (χ1) is 23.7. The molecule has 244 valence electrons. The first-order valence-corrected chi connectivity index (χ1v) is 17.4. The minimum Gasteiger partial charge on any atom is -0.365 e. The van der Waals surface area contributed by atoms with Crippen LogP contribution in [0.2, 0.25) is 5.02 Å². The number of hydrogen-bond donors (Lipinski definition) is 2. The SMILES string of the molecule is Clc1ccc2nc(N3CCCCC3)nc(NCc3ccccc3)c2c1.c1ccc(Nc2nc(N3CCCCC3)nc3ccccc23)cc1. The molecule has 2 N–H and O–H groups in total. The number of rotatable bonds is 7. The highest BCUT2D eigenvalue weighted by atomic mass is 35.5. The van der Waals surface area contributed by atoms with Crippen molar-refractivity contribution < 1.29 is 0 Å². The van der Waals surface area contributed by atoms with Gasteiger partial charge in [0.15, 0.2) is 0 Å². The summed E-state index contributed by atoms with van der Waals surface area (Å²) in [6.07, 6.45) is 7.44. The third-order valence-electron chi connectivity index (χ3n) is 8.85. The average molecular weight is 657 g/mol. The molecular weight excluding hydrogens is 616 g/mol. The fourth-order valence-electron chi connectivity index (χ4n) is 6.29. The fourth-order valence-corrected chi connectivity index (χ4v) is 6.47. The van der Waals surface area contributed by atoms with Gasteiger partial charge in [-0.15, -0.1) is 0 Å². The molecule has 9 heteroatoms. The van der Waals surface area contributed by atoms with E-state index in [2.05, 4.69) is 56.8 Å². The van der Waals surface area contributed by atoms with Gasteiger partial charge >= 0.3 is 0 Å². The quantitative estimate of drug-likeness (QED) is 0.176. The number of anilines is 5. The van der Waals surface area contributed by atoms with E-state index in [1.807, 2.05) is 66.7 Å². The number of hydrogen-bond acceptors (Lipinski definition) is 8. The summed E-state index contributed by atoms with van der Waals surface area (Å²) in [5, 5.41) is 9.64. The molecule has 2 aliphatic rings. The summed E-state index contributed by atoms with van der Waals surface area (Å²) in [7, 11) is 0. The molecule has 6 aromatic rings. The summed E-state index contributed by atoms with van der Waals surface area (Å²) in [6, 6.07) is 34.5. The zero-order chi connectivity index (χ0) is 32.5. The topological polar surface area (TPSA) is 82.1 Å². The van der Waals surface area contributed by atoms with Crippen LogP contribution in [-0.2, 0) is 6.54 Å². The third-order valence-corrected chi connectivity index (χ3v) is 9.09. The highest BCUT2D eigenvalue weighted by Gasteiger charge is 2.18. The highest BCUT2D eigenvalue weighted by Crippen LogP contribution is 2.29. The van der Waals surface area contributed by atoms with Gasteiger partial charge in [0.25, 0.3) is 0 Å². The molecule has 8 nitrogen and oxygen atoms in total. The molecule has 0 atom stereocenters. The molecule has 0 spiro atoms. The Morgan fingerprint density at radius 3 is 1.77 bits per heavy atom. The molecular formula is C39H41ClN8. The van der Waals surface area contributed by atoms with Crippen LogP contribution in [0.3, 0.4) is 0 Å². The second-order valence-electron chi connectivity index (χ2n) is 12.3. The molecule has 0 bridgehead atoms. The second kappa shape index (κ2) is 15.3. The Morgan fingerprint density at radius 2 is 1.10 bits per heavy atom. The molecule has 4 heterocycles. The lowest BCUT2D eigenvalue weighted by molar-refractivity contribution is 0.569. The first kappa shape index (κ1) is 31.6. The van der Waals surface area contributed by atoms with E-state index in [4.69, 9.17) is 31.5 Å². The summed E-state index contributed by atoms with van der Waals surface area (Å²) in [6.45, 7) is 4.86. The number of aromatic nitrogens is 4. The first-order valence-electron chi connectivity index (χ1n) is 17.0. The van der Waals surface area contributed by atoms with E-state index in [1.54, 1.807) is 0 Å². The van der Waals surface area contributed by atoms with Crippen LogP contribution in [0.15, 0.2) is 103 Å². The lowest BCUT2D eigenvalue weighted by Gasteiger charge is -2.27. The maximum atomic E-state index is 6.20. The van der Waals surface area contributed by atoms with Crippen LogP contribution in [-0.4, -0.2) is 46.1 Å². The van der Waals surface area contributed by atoms with Gasteiger partial charge < -0.3 is 20.4 Å². The molecule has 0 amide bonds. The normalized spacial score (nSPS) is 14.8. The van der Waals surface area contributed by atoms with Crippen LogP contribution in [0.4, 0.5) is 29.2 Å². The van der Waals surface area contributed by atoms with E-state index in [9.17, 15) is 0 Å². The van der Waals surface area contributed by atoms with E-state index < -0.39 is 0 Å². The minimum absolute atomic E-state index is 0.699. The van der Waals surface area contributed by atoms with Crippen molar-refractivity contribution in [2.24, 2.45) is 0 Å². The molecule has 8 rings (SSSR count). The number of fused-ring (bicyclic) bond motifs is 2. The van der Waals surface area contributed by atoms with Gasteiger partial charge in [-0.1, -0.05) is 72.3 Å². The van der Waals surface area contributed by atoms with Crippen molar-refractivity contribution in [3.63, 3.8) is 0 Å². The van der Waals surface area contributed by atoms with Crippen molar-refractivity contribution in [1.82, 2.24) is 19.9 Å². The Hall–Kier alpha value is -4.95. The van der Waals surface area contributed by atoms with Crippen LogP contribution in [0.1, 0.15) is 44.1 Å². The standard InChI is InChI=1S/C20H21ClN4.C19H20N4/c21-16-9-10-18-17(13-16)19(22-14-15-7-3-1-4-8-15)24-20(23-18)25-11-5-2-6-12-25;1-3-9-15(10-4-1)20-18-16-11-5-6-12-17(16)21-19(22-18)23-13-7-2-8-14-23/h1,3-4,7-10,13H,2,5-6,11-12,14H2,(H,22,23,24);1,3-6,9-12H,2,7-8,13-14H2,(H,20,21,22). The molecule has 0 radical (unpaired) electrons. The lowest BCUT2D eigenvalue weighted by Crippen LogP contribution is -2.31. The Labute approximate surface area is 287 Å². The zero-order valence-electron chi connectivity index (χ0n) is 27.2. The molecule has 48 heavy (non-hydrogen) atoms. The van der Waals surface area contributed by atoms with Crippen molar-refractivity contribution in [3.8, 4) is 0 Å². The van der Waals surface area contributed by atoms with E-state index >= 15 is 0 Å². The van der Waals surface area contributed by atoms with E-state index in [0.717, 1.165) is 83.7 Å². The summed E-state index contributed by atoms with van der Waals surface area (Å²) in [5.41, 5.74) is 4.17. The minimum atomic E-state index is 0.699. The second-order valence-corrected chi connectivity index (χ2v) is 12.8. The van der Waals surface area contributed by atoms with Crippen molar-refractivity contribution in [2.75, 3.05) is 46.6 Å². The maximum Gasteiger partial charge on any atom is 0.227 e. The summed E-state index contributed by atoms with van der Waals surface area (Å²) >= 11 is 6.20. The molecule has 2 aliphatic heterocycles. The van der Waals surface area contributed by atoms with E-state index in [0.29, 0.717) is 5.02 Å². The molecule has 4 aromatic carbocycles. The van der Waals surface area contributed by atoms with Gasteiger partial charge in [-0.2, -0.15) is 9.97 Å². The Morgan fingerprint density at radius 1 is 0.542 bits per heavy atom. The molecule has 0 aliphatic carbocycles. The highest BCUT2D eigenvalue weighted by molar-refractivity contribution is 6.31. The number of piperidine rings is 2. The maximum absolute atomic E-state index is 6.20. The largest absolute Gasteiger partial charge is 0.365 e. The number of nitrogens with one attached hydrogen (secondary N) is 2. The molecule has 2 saturated heterocycles. The molecule has 2 fully saturated rings. The van der Waals surface area contributed by atoms with Crippen LogP contribution in [0, 0.1) is 0 Å². The molecule has 0 unspecified atom stereocenters. The summed E-state index contributed by atoms with van der Waals surface area (Å²) in [5.74, 6) is 3.37. The van der Waals surface area contributed by atoms with Crippen LogP contribution >= 0.6 is 11.6 Å². The van der Waals surface area contributed by atoms with E-state index in [-0.39, 0.29) is 0 Å². The molecule has 0 saturated carbocycles. The van der Waals surface area contributed by atoms with Crippen molar-refractivity contribution in [2.45, 2.75) is 45.1 Å². The predicted octanol–water partition coefficient (Wildman–Crippen LogP) is 9.25. The Kier molecular flexibility index (Phi) is 10.1. The zero-order valence-corrected chi connectivity index (χ0v) is 27.9. The van der Waals surface area contributed by atoms with Gasteiger partial charge in [0.1, 0.15) is 11.6 Å². The van der Waals surface area contributed by atoms with Crippen LogP contribution in [0.25, 0.3) is 21.8 Å². The lowest BCUT2D eigenvalue weighted by atomic mass is 10.1. The van der Waals surface area contributed by atoms with Gasteiger partial charge in [-0.3, -0.25) is 0 Å². The van der Waals surface area contributed by atoms with Crippen LogP contribution in [0.5, 0.6) is 0 Å². The van der Waals surface area contributed by atoms with Crippen molar-refractivity contribution in [1.29, 1.82) is 0 Å². The van der Waals surface area contributed by atoms with Gasteiger partial charge in [0.2, 0.25) is 11.9 Å². The number of benzene rings is 4. The van der Waals surface area contributed by atoms with Crippen molar-refractivity contribution in [3.05, 3.63) is 114 Å². The van der Waals surface area contributed by atoms with Crippen LogP contribution < -0.4 is 20.4 Å². The van der Waals surface area contributed by atoms with Gasteiger partial charge in [0, 0.05) is 54.2 Å². The smallest absolute Gasteiger partial charge is 0.227 e. The molecule has 2 aromatic heterocycles. The number of nitrogens with zero attached hydrogens (tertiary/aromatic N) is 6. The van der Waals surface area contributed by atoms with E-state index in [1.165, 1.54) is 44.1 Å². The van der Waals surface area contributed by atoms with Gasteiger partial charge in [-0.25, -0.2) is 9.97 Å². The number of para-hydroxylation sites is 2.